The van der Waals surface area contributed by atoms with Crippen LogP contribution in [0.25, 0.3) is 11.0 Å². The first kappa shape index (κ1) is 20.0. The third-order valence-electron chi connectivity index (χ3n) is 4.88. The molecule has 1 atom stereocenters. The van der Waals surface area contributed by atoms with Crippen LogP contribution in [0.4, 0.5) is 0 Å². The lowest BCUT2D eigenvalue weighted by atomic mass is 10.1. The van der Waals surface area contributed by atoms with E-state index < -0.39 is 6.10 Å². The minimum atomic E-state index is -0.682. The Labute approximate surface area is 176 Å². The van der Waals surface area contributed by atoms with Gasteiger partial charge in [-0.3, -0.25) is 0 Å². The van der Waals surface area contributed by atoms with Crippen LogP contribution in [0.15, 0.2) is 72.8 Å². The molecule has 4 rings (SSSR count). The first-order valence-corrected chi connectivity index (χ1v) is 10.1. The first-order valence-electron chi connectivity index (χ1n) is 10.1. The molecule has 0 aliphatic rings. The molecule has 0 aliphatic carbocycles. The molecule has 0 aliphatic heterocycles. The van der Waals surface area contributed by atoms with E-state index in [1.807, 2.05) is 85.1 Å². The molecule has 0 fully saturated rings. The molecular formula is C25H26N2O3. The van der Waals surface area contributed by atoms with E-state index in [-0.39, 0.29) is 6.61 Å². The molecular weight excluding hydrogens is 376 g/mol. The Kier molecular flexibility index (Phi) is 6.00. The summed E-state index contributed by atoms with van der Waals surface area (Å²) in [7, 11) is 0. The Hall–Kier alpha value is -3.31. The highest BCUT2D eigenvalue weighted by Crippen LogP contribution is 2.20. The maximum Gasteiger partial charge on any atom is 0.148 e. The van der Waals surface area contributed by atoms with E-state index >= 15 is 0 Å². The summed E-state index contributed by atoms with van der Waals surface area (Å²) in [6.07, 6.45) is -0.682. The van der Waals surface area contributed by atoms with Crippen molar-refractivity contribution < 1.29 is 14.6 Å². The summed E-state index contributed by atoms with van der Waals surface area (Å²) in [4.78, 5) is 4.71. The van der Waals surface area contributed by atoms with Gasteiger partial charge in [-0.2, -0.15) is 0 Å². The van der Waals surface area contributed by atoms with Gasteiger partial charge in [-0.05, 0) is 61.4 Å². The van der Waals surface area contributed by atoms with E-state index in [0.717, 1.165) is 39.5 Å². The van der Waals surface area contributed by atoms with E-state index in [0.29, 0.717) is 13.2 Å². The van der Waals surface area contributed by atoms with E-state index in [1.54, 1.807) is 0 Å². The smallest absolute Gasteiger partial charge is 0.148 e. The molecule has 0 saturated heterocycles. The van der Waals surface area contributed by atoms with Crippen molar-refractivity contribution in [2.75, 3.05) is 6.61 Å². The number of ether oxygens (including phenoxy) is 2. The highest BCUT2D eigenvalue weighted by molar-refractivity contribution is 5.75. The van der Waals surface area contributed by atoms with Crippen molar-refractivity contribution in [3.05, 3.63) is 89.7 Å². The molecule has 0 saturated carbocycles. The van der Waals surface area contributed by atoms with Gasteiger partial charge in [0.05, 0.1) is 17.6 Å². The lowest BCUT2D eigenvalue weighted by Gasteiger charge is -2.16. The Balaban J connectivity index is 1.49. The molecule has 1 aromatic heterocycles. The average molecular weight is 402 g/mol. The number of nitrogens with zero attached hydrogens (tertiary/aromatic N) is 2. The van der Waals surface area contributed by atoms with Gasteiger partial charge in [-0.15, -0.1) is 0 Å². The topological polar surface area (TPSA) is 56.5 Å². The van der Waals surface area contributed by atoms with Crippen LogP contribution >= 0.6 is 0 Å². The summed E-state index contributed by atoms with van der Waals surface area (Å²) in [6.45, 7) is 4.97. The number of benzene rings is 3. The van der Waals surface area contributed by atoms with E-state index in [4.69, 9.17) is 14.5 Å². The fourth-order valence-corrected chi connectivity index (χ4v) is 3.58. The largest absolute Gasteiger partial charge is 0.491 e. The van der Waals surface area contributed by atoms with Crippen molar-refractivity contribution in [2.24, 2.45) is 0 Å². The highest BCUT2D eigenvalue weighted by atomic mass is 16.5. The number of aliphatic hydroxyl groups is 1. The fourth-order valence-electron chi connectivity index (χ4n) is 3.58. The van der Waals surface area contributed by atoms with Crippen LogP contribution in [-0.2, 0) is 13.2 Å². The van der Waals surface area contributed by atoms with Gasteiger partial charge < -0.3 is 19.1 Å². The minimum Gasteiger partial charge on any atom is -0.491 e. The van der Waals surface area contributed by atoms with Gasteiger partial charge >= 0.3 is 0 Å². The number of fused-ring (bicyclic) bond motifs is 1. The Bertz CT molecular complexity index is 1100. The quantitative estimate of drug-likeness (QED) is 0.465. The molecule has 0 spiro atoms. The lowest BCUT2D eigenvalue weighted by molar-refractivity contribution is 0.0917. The summed E-state index contributed by atoms with van der Waals surface area (Å²) in [5.41, 5.74) is 4.13. The van der Waals surface area contributed by atoms with Crippen molar-refractivity contribution in [3.8, 4) is 11.5 Å². The molecule has 3 aromatic carbocycles. The molecule has 0 amide bonds. The number of aromatic nitrogens is 2. The average Bonchev–Trinajstić information content (AvgIpc) is 3.08. The molecule has 0 radical (unpaired) electrons. The van der Waals surface area contributed by atoms with Crippen LogP contribution < -0.4 is 9.47 Å². The normalized spacial score (nSPS) is 12.1. The Morgan fingerprint density at radius 1 is 0.867 bits per heavy atom. The molecule has 1 N–H and O–H groups in total. The Morgan fingerprint density at radius 2 is 1.57 bits per heavy atom. The molecule has 4 aromatic rings. The molecule has 1 unspecified atom stereocenters. The van der Waals surface area contributed by atoms with Crippen molar-refractivity contribution >= 4 is 11.0 Å². The van der Waals surface area contributed by atoms with Gasteiger partial charge in [-0.25, -0.2) is 4.98 Å². The van der Waals surface area contributed by atoms with E-state index in [2.05, 4.69) is 6.07 Å². The maximum atomic E-state index is 10.7. The number of hydrogen-bond acceptors (Lipinski definition) is 4. The molecule has 5 nitrogen and oxygen atoms in total. The van der Waals surface area contributed by atoms with Gasteiger partial charge in [0, 0.05) is 0 Å². The van der Waals surface area contributed by atoms with Crippen LogP contribution in [0.3, 0.4) is 0 Å². The monoisotopic (exact) mass is 402 g/mol. The van der Waals surface area contributed by atoms with Crippen molar-refractivity contribution in [2.45, 2.75) is 33.1 Å². The van der Waals surface area contributed by atoms with Crippen LogP contribution in [0.1, 0.15) is 17.0 Å². The SMILES string of the molecule is Cc1cc(C)cc(OCC(O)Cn2c(COc3ccccc3)nc3ccccc32)c1. The molecule has 0 bridgehead atoms. The minimum absolute atomic E-state index is 0.203. The van der Waals surface area contributed by atoms with Crippen molar-refractivity contribution in [3.63, 3.8) is 0 Å². The van der Waals surface area contributed by atoms with Crippen LogP contribution in [-0.4, -0.2) is 27.4 Å². The van der Waals surface area contributed by atoms with Gasteiger partial charge in [-0.1, -0.05) is 36.4 Å². The zero-order valence-electron chi connectivity index (χ0n) is 17.3. The second kappa shape index (κ2) is 9.01. The predicted octanol–water partition coefficient (Wildman–Crippen LogP) is 4.67. The van der Waals surface area contributed by atoms with Gasteiger partial charge in [0.15, 0.2) is 0 Å². The lowest BCUT2D eigenvalue weighted by Crippen LogP contribution is -2.25. The molecule has 1 heterocycles. The number of hydrogen-bond donors (Lipinski definition) is 1. The second-order valence-corrected chi connectivity index (χ2v) is 7.52. The van der Waals surface area contributed by atoms with Crippen LogP contribution in [0.5, 0.6) is 11.5 Å². The molecule has 154 valence electrons. The summed E-state index contributed by atoms with van der Waals surface area (Å²) in [5.74, 6) is 2.33. The molecule has 30 heavy (non-hydrogen) atoms. The number of imidazole rings is 1. The number of rotatable bonds is 8. The number of aliphatic hydroxyl groups excluding tert-OH is 1. The van der Waals surface area contributed by atoms with Gasteiger partial charge in [0.25, 0.3) is 0 Å². The molecule has 5 heteroatoms. The first-order chi connectivity index (χ1) is 14.6. The van der Waals surface area contributed by atoms with Gasteiger partial charge in [0.1, 0.15) is 36.6 Å². The van der Waals surface area contributed by atoms with Crippen molar-refractivity contribution in [1.29, 1.82) is 0 Å². The zero-order valence-corrected chi connectivity index (χ0v) is 17.3. The number of aryl methyl sites for hydroxylation is 2. The van der Waals surface area contributed by atoms with Crippen LogP contribution in [0.2, 0.25) is 0 Å². The summed E-state index contributed by atoms with van der Waals surface area (Å²) < 4.78 is 13.8. The predicted molar refractivity (Wildman–Crippen MR) is 118 cm³/mol. The van der Waals surface area contributed by atoms with Crippen molar-refractivity contribution in [1.82, 2.24) is 9.55 Å². The third-order valence-corrected chi connectivity index (χ3v) is 4.88. The second-order valence-electron chi connectivity index (χ2n) is 7.52. The summed E-state index contributed by atoms with van der Waals surface area (Å²) in [6, 6.07) is 23.6. The van der Waals surface area contributed by atoms with Crippen LogP contribution in [0, 0.1) is 13.8 Å². The zero-order chi connectivity index (χ0) is 20.9. The summed E-state index contributed by atoms with van der Waals surface area (Å²) in [5, 5.41) is 10.7. The number of para-hydroxylation sites is 3. The Morgan fingerprint density at radius 3 is 2.33 bits per heavy atom. The maximum absolute atomic E-state index is 10.7. The van der Waals surface area contributed by atoms with Gasteiger partial charge in [0.2, 0.25) is 0 Å². The third kappa shape index (κ3) is 4.81. The fraction of sp³-hybridized carbons (Fsp3) is 0.240. The van der Waals surface area contributed by atoms with E-state index in [9.17, 15) is 5.11 Å². The highest BCUT2D eigenvalue weighted by Gasteiger charge is 2.15. The standard InChI is InChI=1S/C25H26N2O3/c1-18-12-19(2)14-22(13-18)29-16-20(28)15-27-24-11-7-6-10-23(24)26-25(27)17-30-21-8-4-3-5-9-21/h3-14,20,28H,15-17H2,1-2H3. The summed E-state index contributed by atoms with van der Waals surface area (Å²) >= 11 is 0. The van der Waals surface area contributed by atoms with E-state index in [1.165, 1.54) is 0 Å².